The minimum absolute atomic E-state index is 0.302. The molecule has 0 heterocycles. The Balaban J connectivity index is 3.35. The Kier molecular flexibility index (Phi) is 2.25. The lowest BCUT2D eigenvalue weighted by molar-refractivity contribution is 0.611. The number of halogens is 2. The van der Waals surface area contributed by atoms with Gasteiger partial charge < -0.3 is 0 Å². The van der Waals surface area contributed by atoms with Crippen molar-refractivity contribution >= 4 is 15.9 Å². The molecule has 0 fully saturated rings. The third-order valence-electron chi connectivity index (χ3n) is 1.34. The summed E-state index contributed by atoms with van der Waals surface area (Å²) in [4.78, 5) is 0. The van der Waals surface area contributed by atoms with Gasteiger partial charge in [-0.1, -0.05) is 0 Å². The first kappa shape index (κ1) is 8.22. The first-order chi connectivity index (χ1) is 5.15. The van der Waals surface area contributed by atoms with Gasteiger partial charge in [0.25, 0.3) is 0 Å². The van der Waals surface area contributed by atoms with E-state index in [1.54, 1.807) is 6.92 Å². The summed E-state index contributed by atoms with van der Waals surface area (Å²) in [7, 11) is 0. The molecule has 0 saturated heterocycles. The van der Waals surface area contributed by atoms with E-state index in [0.717, 1.165) is 0 Å². The summed E-state index contributed by atoms with van der Waals surface area (Å²) in [5, 5.41) is 8.48. The van der Waals surface area contributed by atoms with Crippen LogP contribution in [0, 0.1) is 24.1 Å². The van der Waals surface area contributed by atoms with Crippen LogP contribution in [0.2, 0.25) is 0 Å². The molecule has 0 aliphatic carbocycles. The van der Waals surface area contributed by atoms with Gasteiger partial charge in [-0.15, -0.1) is 0 Å². The normalized spacial score (nSPS) is 9.27. The third-order valence-corrected chi connectivity index (χ3v) is 1.92. The fourth-order valence-electron chi connectivity index (χ4n) is 0.791. The summed E-state index contributed by atoms with van der Waals surface area (Å²) in [6.45, 7) is 1.63. The van der Waals surface area contributed by atoms with Crippen molar-refractivity contribution in [2.75, 3.05) is 0 Å². The van der Waals surface area contributed by atoms with Crippen molar-refractivity contribution in [2.24, 2.45) is 0 Å². The van der Waals surface area contributed by atoms with Gasteiger partial charge in [-0.3, -0.25) is 0 Å². The van der Waals surface area contributed by atoms with Crippen LogP contribution in [0.15, 0.2) is 16.6 Å². The van der Waals surface area contributed by atoms with Gasteiger partial charge in [-0.25, -0.2) is 4.39 Å². The molecule has 0 saturated carbocycles. The second-order valence-corrected chi connectivity index (χ2v) is 3.06. The monoisotopic (exact) mass is 213 g/mol. The highest BCUT2D eigenvalue weighted by molar-refractivity contribution is 9.10. The molecule has 0 spiro atoms. The molecule has 56 valence electrons. The van der Waals surface area contributed by atoms with E-state index in [9.17, 15) is 4.39 Å². The first-order valence-electron chi connectivity index (χ1n) is 3.01. The predicted octanol–water partition coefficient (Wildman–Crippen LogP) is 2.77. The van der Waals surface area contributed by atoms with Crippen LogP contribution in [0.1, 0.15) is 11.1 Å². The Morgan fingerprint density at radius 2 is 2.18 bits per heavy atom. The van der Waals surface area contributed by atoms with Crippen molar-refractivity contribution < 1.29 is 4.39 Å². The minimum Gasteiger partial charge on any atom is -0.205 e. The van der Waals surface area contributed by atoms with Crippen LogP contribution >= 0.6 is 15.9 Å². The SMILES string of the molecule is Cc1cc(C#N)cc(Br)c1F. The van der Waals surface area contributed by atoms with Crippen molar-refractivity contribution in [1.29, 1.82) is 5.26 Å². The molecule has 0 aliphatic rings. The van der Waals surface area contributed by atoms with Crippen LogP contribution in [0.25, 0.3) is 0 Å². The van der Waals surface area contributed by atoms with E-state index in [-0.39, 0.29) is 5.82 Å². The average molecular weight is 214 g/mol. The zero-order valence-electron chi connectivity index (χ0n) is 5.86. The summed E-state index contributed by atoms with van der Waals surface area (Å²) in [5.74, 6) is -0.302. The number of nitriles is 1. The largest absolute Gasteiger partial charge is 0.205 e. The third kappa shape index (κ3) is 1.58. The van der Waals surface area contributed by atoms with Gasteiger partial charge in [-0.2, -0.15) is 5.26 Å². The maximum absolute atomic E-state index is 12.9. The molecule has 0 atom stereocenters. The number of nitrogens with zero attached hydrogens (tertiary/aromatic N) is 1. The van der Waals surface area contributed by atoms with E-state index in [2.05, 4.69) is 15.9 Å². The lowest BCUT2D eigenvalue weighted by Crippen LogP contribution is -1.85. The zero-order valence-corrected chi connectivity index (χ0v) is 7.44. The van der Waals surface area contributed by atoms with Crippen molar-refractivity contribution in [1.82, 2.24) is 0 Å². The predicted molar refractivity (Wildman–Crippen MR) is 43.6 cm³/mol. The van der Waals surface area contributed by atoms with Crippen LogP contribution in [0.3, 0.4) is 0 Å². The highest BCUT2D eigenvalue weighted by Gasteiger charge is 2.03. The summed E-state index contributed by atoms with van der Waals surface area (Å²) in [5.41, 5.74) is 0.951. The van der Waals surface area contributed by atoms with Crippen molar-refractivity contribution in [3.05, 3.63) is 33.5 Å². The summed E-state index contributed by atoms with van der Waals surface area (Å²) in [6.07, 6.45) is 0. The summed E-state index contributed by atoms with van der Waals surface area (Å²) < 4.78 is 13.2. The van der Waals surface area contributed by atoms with Crippen LogP contribution < -0.4 is 0 Å². The van der Waals surface area contributed by atoms with Gasteiger partial charge in [0.2, 0.25) is 0 Å². The van der Waals surface area contributed by atoms with Crippen LogP contribution in [-0.2, 0) is 0 Å². The van der Waals surface area contributed by atoms with Gasteiger partial charge in [-0.05, 0) is 40.5 Å². The molecule has 0 aromatic heterocycles. The van der Waals surface area contributed by atoms with Crippen molar-refractivity contribution in [3.8, 4) is 6.07 Å². The van der Waals surface area contributed by atoms with E-state index >= 15 is 0 Å². The summed E-state index contributed by atoms with van der Waals surface area (Å²) >= 11 is 3.01. The second-order valence-electron chi connectivity index (χ2n) is 2.20. The lowest BCUT2D eigenvalue weighted by atomic mass is 10.1. The molecule has 0 unspecified atom stereocenters. The quantitative estimate of drug-likeness (QED) is 0.651. The van der Waals surface area contributed by atoms with Gasteiger partial charge >= 0.3 is 0 Å². The molecule has 1 rings (SSSR count). The highest BCUT2D eigenvalue weighted by atomic mass is 79.9. The molecular formula is C8H5BrFN. The molecule has 0 bridgehead atoms. The zero-order chi connectivity index (χ0) is 8.43. The fourth-order valence-corrected chi connectivity index (χ4v) is 1.35. The van der Waals surface area contributed by atoms with Gasteiger partial charge in [0, 0.05) is 0 Å². The second kappa shape index (κ2) is 3.02. The Morgan fingerprint density at radius 1 is 1.55 bits per heavy atom. The Hall–Kier alpha value is -0.880. The Labute approximate surface area is 72.6 Å². The number of aryl methyl sites for hydroxylation is 1. The van der Waals surface area contributed by atoms with E-state index in [1.807, 2.05) is 6.07 Å². The molecule has 1 aromatic carbocycles. The number of rotatable bonds is 0. The van der Waals surface area contributed by atoms with Gasteiger partial charge in [0.05, 0.1) is 16.1 Å². The minimum atomic E-state index is -0.302. The molecule has 11 heavy (non-hydrogen) atoms. The summed E-state index contributed by atoms with van der Waals surface area (Å²) in [6, 6.07) is 4.91. The van der Waals surface area contributed by atoms with Gasteiger partial charge in [0.1, 0.15) is 5.82 Å². The van der Waals surface area contributed by atoms with E-state index < -0.39 is 0 Å². The molecule has 3 heteroatoms. The van der Waals surface area contributed by atoms with Crippen molar-refractivity contribution in [3.63, 3.8) is 0 Å². The first-order valence-corrected chi connectivity index (χ1v) is 3.80. The molecule has 0 N–H and O–H groups in total. The van der Waals surface area contributed by atoms with Crippen molar-refractivity contribution in [2.45, 2.75) is 6.92 Å². The Morgan fingerprint density at radius 3 is 2.64 bits per heavy atom. The fraction of sp³-hybridized carbons (Fsp3) is 0.125. The molecular weight excluding hydrogens is 209 g/mol. The molecule has 1 nitrogen and oxygen atoms in total. The Bertz CT molecular complexity index is 304. The standard InChI is InChI=1S/C8H5BrFN/c1-5-2-6(4-11)3-7(9)8(5)10/h2-3H,1H3. The number of hydrogen-bond donors (Lipinski definition) is 0. The topological polar surface area (TPSA) is 23.8 Å². The highest BCUT2D eigenvalue weighted by Crippen LogP contribution is 2.20. The smallest absolute Gasteiger partial charge is 0.140 e. The van der Waals surface area contributed by atoms with E-state index in [0.29, 0.717) is 15.6 Å². The van der Waals surface area contributed by atoms with E-state index in [4.69, 9.17) is 5.26 Å². The lowest BCUT2D eigenvalue weighted by Gasteiger charge is -1.98. The number of benzene rings is 1. The molecule has 1 aromatic rings. The maximum atomic E-state index is 12.9. The van der Waals surface area contributed by atoms with Gasteiger partial charge in [0.15, 0.2) is 0 Å². The maximum Gasteiger partial charge on any atom is 0.140 e. The van der Waals surface area contributed by atoms with Crippen LogP contribution in [0.5, 0.6) is 0 Å². The molecule has 0 radical (unpaired) electrons. The molecule has 0 aliphatic heterocycles. The van der Waals surface area contributed by atoms with Crippen LogP contribution in [0.4, 0.5) is 4.39 Å². The average Bonchev–Trinajstić information content (AvgIpc) is 1.99. The number of hydrogen-bond acceptors (Lipinski definition) is 1. The van der Waals surface area contributed by atoms with E-state index in [1.165, 1.54) is 12.1 Å². The molecule has 0 amide bonds. The van der Waals surface area contributed by atoms with Crippen LogP contribution in [-0.4, -0.2) is 0 Å².